The van der Waals surface area contributed by atoms with Crippen LogP contribution in [0, 0.1) is 0 Å². The Morgan fingerprint density at radius 3 is 2.63 bits per heavy atom. The Hall–Kier alpha value is -1.66. The van der Waals surface area contributed by atoms with Crippen LogP contribution in [0.15, 0.2) is 30.0 Å². The fourth-order valence-electron chi connectivity index (χ4n) is 2.38. The summed E-state index contributed by atoms with van der Waals surface area (Å²) in [5, 5.41) is 3.14. The molecule has 0 bridgehead atoms. The lowest BCUT2D eigenvalue weighted by Crippen LogP contribution is -2.46. The molecule has 2 N–H and O–H groups in total. The third-order valence-electron chi connectivity index (χ3n) is 3.42. The van der Waals surface area contributed by atoms with E-state index in [1.807, 2.05) is 23.8 Å². The molecule has 0 atom stereocenters. The largest absolute Gasteiger partial charge is 0.366 e. The third kappa shape index (κ3) is 2.54. The van der Waals surface area contributed by atoms with Crippen LogP contribution in [0.5, 0.6) is 0 Å². The van der Waals surface area contributed by atoms with Crippen molar-refractivity contribution in [3.05, 3.63) is 35.6 Å². The van der Waals surface area contributed by atoms with Gasteiger partial charge in [-0.3, -0.25) is 4.98 Å². The maximum absolute atomic E-state index is 5.79. The lowest BCUT2D eigenvalue weighted by atomic mass is 10.2. The Kier molecular flexibility index (Phi) is 3.61. The summed E-state index contributed by atoms with van der Waals surface area (Å²) in [6.07, 6.45) is 5.58. The third-order valence-corrected chi connectivity index (χ3v) is 4.25. The fraction of sp³-hybridized carbons (Fsp3) is 0.385. The number of thiazole rings is 1. The van der Waals surface area contributed by atoms with Crippen molar-refractivity contribution in [3.63, 3.8) is 0 Å². The number of piperazine rings is 1. The molecule has 0 radical (unpaired) electrons. The Labute approximate surface area is 116 Å². The SMILES string of the molecule is NCc1ccncc1N1CCN(c2nccs2)CC1. The summed E-state index contributed by atoms with van der Waals surface area (Å²) in [7, 11) is 0. The Morgan fingerprint density at radius 1 is 1.16 bits per heavy atom. The molecule has 100 valence electrons. The molecule has 3 rings (SSSR count). The van der Waals surface area contributed by atoms with Gasteiger partial charge < -0.3 is 15.5 Å². The van der Waals surface area contributed by atoms with E-state index in [2.05, 4.69) is 19.8 Å². The number of hydrogen-bond acceptors (Lipinski definition) is 6. The molecule has 19 heavy (non-hydrogen) atoms. The predicted molar refractivity (Wildman–Crippen MR) is 78.7 cm³/mol. The van der Waals surface area contributed by atoms with Crippen LogP contribution in [0.2, 0.25) is 0 Å². The molecule has 1 fully saturated rings. The van der Waals surface area contributed by atoms with Crippen molar-refractivity contribution < 1.29 is 0 Å². The highest BCUT2D eigenvalue weighted by Gasteiger charge is 2.20. The summed E-state index contributed by atoms with van der Waals surface area (Å²) >= 11 is 1.70. The Morgan fingerprint density at radius 2 is 1.95 bits per heavy atom. The highest BCUT2D eigenvalue weighted by molar-refractivity contribution is 7.13. The molecule has 2 aromatic heterocycles. The molecular weight excluding hydrogens is 258 g/mol. The lowest BCUT2D eigenvalue weighted by molar-refractivity contribution is 0.649. The number of nitrogens with zero attached hydrogens (tertiary/aromatic N) is 4. The molecule has 0 spiro atoms. The van der Waals surface area contributed by atoms with Gasteiger partial charge in [-0.05, 0) is 11.6 Å². The van der Waals surface area contributed by atoms with Crippen molar-refractivity contribution in [2.24, 2.45) is 5.73 Å². The second-order valence-corrected chi connectivity index (χ2v) is 5.37. The molecule has 6 heteroatoms. The quantitative estimate of drug-likeness (QED) is 0.915. The van der Waals surface area contributed by atoms with E-state index in [4.69, 9.17) is 5.73 Å². The topological polar surface area (TPSA) is 58.3 Å². The smallest absolute Gasteiger partial charge is 0.185 e. The number of pyridine rings is 1. The van der Waals surface area contributed by atoms with Crippen molar-refractivity contribution in [1.82, 2.24) is 9.97 Å². The second kappa shape index (κ2) is 5.54. The monoisotopic (exact) mass is 275 g/mol. The first-order chi connectivity index (χ1) is 9.38. The van der Waals surface area contributed by atoms with Crippen LogP contribution in [-0.4, -0.2) is 36.1 Å². The number of rotatable bonds is 3. The van der Waals surface area contributed by atoms with E-state index in [0.717, 1.165) is 36.9 Å². The van der Waals surface area contributed by atoms with Gasteiger partial charge >= 0.3 is 0 Å². The van der Waals surface area contributed by atoms with Crippen molar-refractivity contribution >= 4 is 22.2 Å². The average molecular weight is 275 g/mol. The van der Waals surface area contributed by atoms with Gasteiger partial charge in [-0.1, -0.05) is 0 Å². The first-order valence-electron chi connectivity index (χ1n) is 6.41. The maximum atomic E-state index is 5.79. The van der Waals surface area contributed by atoms with Crippen LogP contribution < -0.4 is 15.5 Å². The van der Waals surface area contributed by atoms with Gasteiger partial charge in [-0.2, -0.15) is 0 Å². The number of nitrogens with two attached hydrogens (primary N) is 1. The predicted octanol–water partition coefficient (Wildman–Crippen LogP) is 1.32. The van der Waals surface area contributed by atoms with E-state index in [0.29, 0.717) is 6.54 Å². The summed E-state index contributed by atoms with van der Waals surface area (Å²) in [4.78, 5) is 13.3. The summed E-state index contributed by atoms with van der Waals surface area (Å²) in [6.45, 7) is 4.51. The standard InChI is InChI=1S/C13H17N5S/c14-9-11-1-2-15-10-12(11)17-4-6-18(7-5-17)13-16-3-8-19-13/h1-3,8,10H,4-7,9,14H2. The molecule has 0 aromatic carbocycles. The van der Waals surface area contributed by atoms with Crippen molar-refractivity contribution in [2.45, 2.75) is 6.54 Å². The van der Waals surface area contributed by atoms with Gasteiger partial charge in [0.1, 0.15) is 0 Å². The molecule has 0 aliphatic carbocycles. The van der Waals surface area contributed by atoms with E-state index in [1.54, 1.807) is 17.5 Å². The van der Waals surface area contributed by atoms with Crippen LogP contribution >= 0.6 is 11.3 Å². The molecule has 3 heterocycles. The molecule has 1 saturated heterocycles. The van der Waals surface area contributed by atoms with E-state index >= 15 is 0 Å². The molecule has 2 aromatic rings. The minimum absolute atomic E-state index is 0.560. The highest BCUT2D eigenvalue weighted by atomic mass is 32.1. The van der Waals surface area contributed by atoms with Gasteiger partial charge in [0.2, 0.25) is 0 Å². The zero-order valence-corrected chi connectivity index (χ0v) is 11.5. The van der Waals surface area contributed by atoms with Crippen molar-refractivity contribution in [1.29, 1.82) is 0 Å². The number of aromatic nitrogens is 2. The Bertz CT molecular complexity index is 520. The van der Waals surface area contributed by atoms with Gasteiger partial charge in [0.25, 0.3) is 0 Å². The van der Waals surface area contributed by atoms with Crippen molar-refractivity contribution in [2.75, 3.05) is 36.0 Å². The van der Waals surface area contributed by atoms with E-state index in [9.17, 15) is 0 Å². The Balaban J connectivity index is 1.70. The van der Waals surface area contributed by atoms with Gasteiger partial charge in [-0.25, -0.2) is 4.98 Å². The van der Waals surface area contributed by atoms with E-state index in [1.165, 1.54) is 5.69 Å². The van der Waals surface area contributed by atoms with E-state index < -0.39 is 0 Å². The van der Waals surface area contributed by atoms with Crippen LogP contribution in [0.25, 0.3) is 0 Å². The van der Waals surface area contributed by atoms with Crippen LogP contribution in [-0.2, 0) is 6.54 Å². The first kappa shape index (κ1) is 12.4. The molecule has 5 nitrogen and oxygen atoms in total. The average Bonchev–Trinajstić information content (AvgIpc) is 3.02. The first-order valence-corrected chi connectivity index (χ1v) is 7.29. The van der Waals surface area contributed by atoms with Gasteiger partial charge in [0.15, 0.2) is 5.13 Å². The zero-order chi connectivity index (χ0) is 13.1. The second-order valence-electron chi connectivity index (χ2n) is 4.50. The highest BCUT2D eigenvalue weighted by Crippen LogP contribution is 2.23. The molecule has 0 unspecified atom stereocenters. The van der Waals surface area contributed by atoms with Crippen LogP contribution in [0.1, 0.15) is 5.56 Å². The summed E-state index contributed by atoms with van der Waals surface area (Å²) in [5.74, 6) is 0. The summed E-state index contributed by atoms with van der Waals surface area (Å²) in [6, 6.07) is 2.00. The van der Waals surface area contributed by atoms with Gasteiger partial charge in [0.05, 0.1) is 11.9 Å². The molecular formula is C13H17N5S. The van der Waals surface area contributed by atoms with E-state index in [-0.39, 0.29) is 0 Å². The molecule has 1 aliphatic heterocycles. The zero-order valence-electron chi connectivity index (χ0n) is 10.7. The van der Waals surface area contributed by atoms with Gasteiger partial charge in [-0.15, -0.1) is 11.3 Å². The van der Waals surface area contributed by atoms with Crippen LogP contribution in [0.3, 0.4) is 0 Å². The minimum Gasteiger partial charge on any atom is -0.366 e. The van der Waals surface area contributed by atoms with Gasteiger partial charge in [0, 0.05) is 50.5 Å². The maximum Gasteiger partial charge on any atom is 0.185 e. The van der Waals surface area contributed by atoms with Crippen molar-refractivity contribution in [3.8, 4) is 0 Å². The minimum atomic E-state index is 0.560. The molecule has 0 amide bonds. The summed E-state index contributed by atoms with van der Waals surface area (Å²) < 4.78 is 0. The lowest BCUT2D eigenvalue weighted by Gasteiger charge is -2.36. The molecule has 0 saturated carbocycles. The normalized spacial score (nSPS) is 15.8. The fourth-order valence-corrected chi connectivity index (χ4v) is 3.08. The number of hydrogen-bond donors (Lipinski definition) is 1. The summed E-state index contributed by atoms with van der Waals surface area (Å²) in [5.41, 5.74) is 8.12. The number of anilines is 2. The van der Waals surface area contributed by atoms with Crippen LogP contribution in [0.4, 0.5) is 10.8 Å². The molecule has 1 aliphatic rings.